The zero-order valence-electron chi connectivity index (χ0n) is 9.98. The van der Waals surface area contributed by atoms with Crippen molar-refractivity contribution >= 4 is 10.0 Å². The van der Waals surface area contributed by atoms with Crippen LogP contribution in [-0.4, -0.2) is 26.3 Å². The largest absolute Gasteiger partial charge is 0.416 e. The molecule has 8 heteroatoms. The number of hydrogen-bond donors (Lipinski definition) is 0. The average molecular weight is 292 g/mol. The Morgan fingerprint density at radius 3 is 2.42 bits per heavy atom. The standard InChI is InChI=1S/C11H11F3N2O2S/c1-16(7-6-15)19(17,18)8-9-4-2-3-5-10(9)11(12,13)14/h2-5H,7-8H2,1H3. The third kappa shape index (κ3) is 3.94. The van der Waals surface area contributed by atoms with Gasteiger partial charge < -0.3 is 0 Å². The van der Waals surface area contributed by atoms with E-state index in [1.54, 1.807) is 6.07 Å². The molecular weight excluding hydrogens is 281 g/mol. The number of benzene rings is 1. The first kappa shape index (κ1) is 15.5. The highest BCUT2D eigenvalue weighted by molar-refractivity contribution is 7.88. The van der Waals surface area contributed by atoms with Gasteiger partial charge in [0.15, 0.2) is 0 Å². The molecule has 1 aromatic carbocycles. The molecule has 0 spiro atoms. The van der Waals surface area contributed by atoms with Gasteiger partial charge in [-0.15, -0.1) is 0 Å². The van der Waals surface area contributed by atoms with E-state index in [0.717, 1.165) is 23.5 Å². The Kier molecular flexibility index (Phi) is 4.55. The van der Waals surface area contributed by atoms with Gasteiger partial charge in [0.05, 0.1) is 17.4 Å². The first-order valence-electron chi connectivity index (χ1n) is 5.14. The van der Waals surface area contributed by atoms with E-state index in [1.807, 2.05) is 0 Å². The molecule has 4 nitrogen and oxygen atoms in total. The van der Waals surface area contributed by atoms with Crippen molar-refractivity contribution in [3.05, 3.63) is 35.4 Å². The van der Waals surface area contributed by atoms with Gasteiger partial charge in [-0.05, 0) is 11.6 Å². The lowest BCUT2D eigenvalue weighted by Crippen LogP contribution is -2.29. The fourth-order valence-electron chi connectivity index (χ4n) is 1.43. The smallest absolute Gasteiger partial charge is 0.212 e. The van der Waals surface area contributed by atoms with Crippen LogP contribution in [0.2, 0.25) is 0 Å². The Morgan fingerprint density at radius 1 is 1.32 bits per heavy atom. The monoisotopic (exact) mass is 292 g/mol. The molecule has 0 atom stereocenters. The van der Waals surface area contributed by atoms with Crippen molar-refractivity contribution in [3.8, 4) is 6.07 Å². The van der Waals surface area contributed by atoms with Crippen LogP contribution in [0, 0.1) is 11.3 Å². The predicted octanol–water partition coefficient (Wildman–Crippen LogP) is 1.99. The molecule has 0 heterocycles. The summed E-state index contributed by atoms with van der Waals surface area (Å²) in [6.07, 6.45) is -4.61. The van der Waals surface area contributed by atoms with Crippen LogP contribution >= 0.6 is 0 Å². The van der Waals surface area contributed by atoms with Crippen molar-refractivity contribution < 1.29 is 21.6 Å². The van der Waals surface area contributed by atoms with E-state index < -0.39 is 34.1 Å². The van der Waals surface area contributed by atoms with Gasteiger partial charge in [-0.3, -0.25) is 0 Å². The molecule has 0 N–H and O–H groups in total. The molecule has 0 aliphatic rings. The number of halogens is 3. The topological polar surface area (TPSA) is 61.2 Å². The van der Waals surface area contributed by atoms with Crippen LogP contribution in [0.25, 0.3) is 0 Å². The van der Waals surface area contributed by atoms with E-state index in [4.69, 9.17) is 5.26 Å². The van der Waals surface area contributed by atoms with Crippen LogP contribution < -0.4 is 0 Å². The van der Waals surface area contributed by atoms with Crippen molar-refractivity contribution in [2.45, 2.75) is 11.9 Å². The lowest BCUT2D eigenvalue weighted by Gasteiger charge is -2.16. The summed E-state index contributed by atoms with van der Waals surface area (Å²) in [6.45, 7) is -0.406. The summed E-state index contributed by atoms with van der Waals surface area (Å²) in [4.78, 5) is 0. The Hall–Kier alpha value is -1.59. The summed E-state index contributed by atoms with van der Waals surface area (Å²) in [5.41, 5.74) is -1.32. The molecule has 0 unspecified atom stereocenters. The Balaban J connectivity index is 3.11. The maximum atomic E-state index is 12.7. The lowest BCUT2D eigenvalue weighted by molar-refractivity contribution is -0.138. The zero-order valence-corrected chi connectivity index (χ0v) is 10.8. The second kappa shape index (κ2) is 5.59. The van der Waals surface area contributed by atoms with Gasteiger partial charge in [0.2, 0.25) is 10.0 Å². The van der Waals surface area contributed by atoms with Gasteiger partial charge in [-0.25, -0.2) is 8.42 Å². The van der Waals surface area contributed by atoms with Gasteiger partial charge in [0.25, 0.3) is 0 Å². The molecule has 19 heavy (non-hydrogen) atoms. The third-order valence-corrected chi connectivity index (χ3v) is 4.18. The molecule has 104 valence electrons. The minimum absolute atomic E-state index is 0.334. The van der Waals surface area contributed by atoms with Crippen molar-refractivity contribution in [2.24, 2.45) is 0 Å². The Morgan fingerprint density at radius 2 is 1.89 bits per heavy atom. The molecule has 1 rings (SSSR count). The van der Waals surface area contributed by atoms with Crippen LogP contribution in [0.1, 0.15) is 11.1 Å². The van der Waals surface area contributed by atoms with Gasteiger partial charge in [-0.2, -0.15) is 22.7 Å². The summed E-state index contributed by atoms with van der Waals surface area (Å²) >= 11 is 0. The van der Waals surface area contributed by atoms with Crippen LogP contribution in [0.5, 0.6) is 0 Å². The second-order valence-electron chi connectivity index (χ2n) is 3.83. The number of nitrogens with zero attached hydrogens (tertiary/aromatic N) is 2. The molecule has 0 aliphatic heterocycles. The van der Waals surface area contributed by atoms with Gasteiger partial charge in [-0.1, -0.05) is 18.2 Å². The van der Waals surface area contributed by atoms with E-state index in [1.165, 1.54) is 12.1 Å². The van der Waals surface area contributed by atoms with Crippen LogP contribution in [0.15, 0.2) is 24.3 Å². The van der Waals surface area contributed by atoms with Crippen molar-refractivity contribution in [1.82, 2.24) is 4.31 Å². The van der Waals surface area contributed by atoms with Crippen molar-refractivity contribution in [1.29, 1.82) is 5.26 Å². The summed E-state index contributed by atoms with van der Waals surface area (Å²) in [7, 11) is -2.80. The first-order valence-corrected chi connectivity index (χ1v) is 6.75. The van der Waals surface area contributed by atoms with Crippen LogP contribution in [-0.2, 0) is 22.0 Å². The zero-order chi connectivity index (χ0) is 14.7. The van der Waals surface area contributed by atoms with Gasteiger partial charge >= 0.3 is 6.18 Å². The lowest BCUT2D eigenvalue weighted by atomic mass is 10.1. The summed E-state index contributed by atoms with van der Waals surface area (Å²) < 4.78 is 62.4. The number of nitriles is 1. The first-order chi connectivity index (χ1) is 8.68. The number of alkyl halides is 3. The summed E-state index contributed by atoms with van der Waals surface area (Å²) in [6, 6.07) is 6.10. The highest BCUT2D eigenvalue weighted by atomic mass is 32.2. The highest BCUT2D eigenvalue weighted by Crippen LogP contribution is 2.32. The van der Waals surface area contributed by atoms with E-state index in [0.29, 0.717) is 0 Å². The Bertz CT molecular complexity index is 591. The number of rotatable bonds is 4. The molecule has 1 aromatic rings. The summed E-state index contributed by atoms with van der Waals surface area (Å²) in [5, 5.41) is 8.41. The van der Waals surface area contributed by atoms with E-state index >= 15 is 0 Å². The molecular formula is C11H11F3N2O2S. The Labute approximate surface area is 109 Å². The van der Waals surface area contributed by atoms with Gasteiger partial charge in [0, 0.05) is 7.05 Å². The van der Waals surface area contributed by atoms with Crippen molar-refractivity contribution in [2.75, 3.05) is 13.6 Å². The molecule has 0 aliphatic carbocycles. The van der Waals surface area contributed by atoms with E-state index in [2.05, 4.69) is 0 Å². The molecule has 0 bridgehead atoms. The number of hydrogen-bond acceptors (Lipinski definition) is 3. The number of sulfonamides is 1. The normalized spacial score (nSPS) is 12.4. The molecule has 0 fully saturated rings. The fourth-order valence-corrected chi connectivity index (χ4v) is 2.55. The second-order valence-corrected chi connectivity index (χ2v) is 5.90. The minimum Gasteiger partial charge on any atom is -0.212 e. The molecule has 0 saturated heterocycles. The molecule has 0 radical (unpaired) electrons. The molecule has 0 amide bonds. The third-order valence-electron chi connectivity index (χ3n) is 2.43. The average Bonchev–Trinajstić information content (AvgIpc) is 2.28. The van der Waals surface area contributed by atoms with E-state index in [9.17, 15) is 21.6 Å². The van der Waals surface area contributed by atoms with Crippen LogP contribution in [0.3, 0.4) is 0 Å². The van der Waals surface area contributed by atoms with Gasteiger partial charge in [0.1, 0.15) is 6.54 Å². The SMILES string of the molecule is CN(CC#N)S(=O)(=O)Cc1ccccc1C(F)(F)F. The molecule has 0 saturated carbocycles. The van der Waals surface area contributed by atoms with Crippen molar-refractivity contribution in [3.63, 3.8) is 0 Å². The van der Waals surface area contributed by atoms with Crippen LogP contribution in [0.4, 0.5) is 13.2 Å². The summed E-state index contributed by atoms with van der Waals surface area (Å²) in [5.74, 6) is -0.791. The maximum absolute atomic E-state index is 12.7. The maximum Gasteiger partial charge on any atom is 0.416 e. The quantitative estimate of drug-likeness (QED) is 0.797. The predicted molar refractivity (Wildman–Crippen MR) is 62.3 cm³/mol. The van der Waals surface area contributed by atoms with E-state index in [-0.39, 0.29) is 5.56 Å². The fraction of sp³-hybridized carbons (Fsp3) is 0.364. The molecule has 0 aromatic heterocycles. The minimum atomic E-state index is -4.61. The highest BCUT2D eigenvalue weighted by Gasteiger charge is 2.34.